The third kappa shape index (κ3) is 5.00. The smallest absolute Gasteiger partial charge is 0.225 e. The molecule has 0 radical (unpaired) electrons. The Balaban J connectivity index is 1.65. The number of aromatic nitrogens is 2. The molecule has 0 aromatic carbocycles. The first-order chi connectivity index (χ1) is 9.38. The molecule has 2 rings (SSSR count). The van der Waals surface area contributed by atoms with Crippen LogP contribution in [0, 0.1) is 0 Å². The molecule has 1 aliphatic heterocycles. The number of rotatable bonds is 7. The van der Waals surface area contributed by atoms with Crippen LogP contribution in [0.25, 0.3) is 0 Å². The lowest BCUT2D eigenvalue weighted by atomic mass is 10.3. The first-order valence-corrected chi connectivity index (χ1v) is 6.88. The number of hydrogen-bond donors (Lipinski definition) is 1. The molecule has 0 spiro atoms. The van der Waals surface area contributed by atoms with Crippen LogP contribution in [0.4, 0.5) is 5.95 Å². The summed E-state index contributed by atoms with van der Waals surface area (Å²) in [5, 5.41) is 3.22. The minimum absolute atomic E-state index is 0.619. The van der Waals surface area contributed by atoms with Crippen molar-refractivity contribution in [2.75, 3.05) is 51.3 Å². The van der Waals surface area contributed by atoms with Gasteiger partial charge in [-0.15, -0.1) is 0 Å². The molecular weight excluding hydrogens is 244 g/mol. The van der Waals surface area contributed by atoms with Gasteiger partial charge in [-0.1, -0.05) is 0 Å². The van der Waals surface area contributed by atoms with Crippen molar-refractivity contribution in [1.29, 1.82) is 0 Å². The first kappa shape index (κ1) is 14.0. The van der Waals surface area contributed by atoms with Crippen LogP contribution >= 0.6 is 0 Å². The van der Waals surface area contributed by atoms with E-state index in [1.165, 1.54) is 0 Å². The van der Waals surface area contributed by atoms with Crippen molar-refractivity contribution in [1.82, 2.24) is 14.9 Å². The van der Waals surface area contributed by atoms with E-state index in [0.29, 0.717) is 18.4 Å². The average molecular weight is 266 g/mol. The lowest BCUT2D eigenvalue weighted by molar-refractivity contribution is 0.0378. The number of ether oxygens (including phenoxy) is 2. The van der Waals surface area contributed by atoms with E-state index in [2.05, 4.69) is 20.2 Å². The summed E-state index contributed by atoms with van der Waals surface area (Å²) >= 11 is 0. The molecule has 6 nitrogen and oxygen atoms in total. The highest BCUT2D eigenvalue weighted by Gasteiger charge is 2.09. The molecule has 1 aromatic rings. The Bertz CT molecular complexity index is 369. The summed E-state index contributed by atoms with van der Waals surface area (Å²) in [6.07, 6.45) is 2.78. The van der Waals surface area contributed by atoms with E-state index in [1.54, 1.807) is 12.3 Å². The zero-order valence-corrected chi connectivity index (χ0v) is 11.5. The third-order valence-corrected chi connectivity index (χ3v) is 2.96. The van der Waals surface area contributed by atoms with Gasteiger partial charge in [-0.25, -0.2) is 4.98 Å². The molecule has 6 heteroatoms. The highest BCUT2D eigenvalue weighted by atomic mass is 16.5. The summed E-state index contributed by atoms with van der Waals surface area (Å²) in [5.41, 5.74) is 0. The van der Waals surface area contributed by atoms with Crippen molar-refractivity contribution in [2.24, 2.45) is 0 Å². The fourth-order valence-electron chi connectivity index (χ4n) is 1.98. The largest absolute Gasteiger partial charge is 0.478 e. The quantitative estimate of drug-likeness (QED) is 0.743. The molecule has 0 atom stereocenters. The molecule has 1 aliphatic rings. The van der Waals surface area contributed by atoms with Crippen LogP contribution in [0.5, 0.6) is 5.88 Å². The second kappa shape index (κ2) is 7.91. The van der Waals surface area contributed by atoms with Gasteiger partial charge in [0.2, 0.25) is 11.8 Å². The van der Waals surface area contributed by atoms with Gasteiger partial charge in [0, 0.05) is 31.9 Å². The summed E-state index contributed by atoms with van der Waals surface area (Å²) in [5.74, 6) is 1.25. The maximum absolute atomic E-state index is 5.33. The Morgan fingerprint density at radius 1 is 1.42 bits per heavy atom. The van der Waals surface area contributed by atoms with E-state index >= 15 is 0 Å². The van der Waals surface area contributed by atoms with Gasteiger partial charge in [0.25, 0.3) is 0 Å². The molecule has 2 heterocycles. The van der Waals surface area contributed by atoms with E-state index in [0.717, 1.165) is 45.8 Å². The van der Waals surface area contributed by atoms with Gasteiger partial charge in [-0.05, 0) is 19.9 Å². The topological polar surface area (TPSA) is 59.5 Å². The monoisotopic (exact) mass is 266 g/mol. The van der Waals surface area contributed by atoms with Crippen LogP contribution in [0.3, 0.4) is 0 Å². The molecule has 0 aliphatic carbocycles. The maximum Gasteiger partial charge on any atom is 0.225 e. The molecule has 1 N–H and O–H groups in total. The van der Waals surface area contributed by atoms with E-state index < -0.39 is 0 Å². The number of anilines is 1. The van der Waals surface area contributed by atoms with Crippen LogP contribution in [-0.2, 0) is 4.74 Å². The SMILES string of the molecule is CCOc1ccnc(NCCCN2CCOCC2)n1. The zero-order chi connectivity index (χ0) is 13.3. The van der Waals surface area contributed by atoms with E-state index in [4.69, 9.17) is 9.47 Å². The number of hydrogen-bond acceptors (Lipinski definition) is 6. The summed E-state index contributed by atoms with van der Waals surface area (Å²) < 4.78 is 10.7. The third-order valence-electron chi connectivity index (χ3n) is 2.96. The average Bonchev–Trinajstić information content (AvgIpc) is 2.46. The van der Waals surface area contributed by atoms with Gasteiger partial charge >= 0.3 is 0 Å². The molecule has 0 bridgehead atoms. The van der Waals surface area contributed by atoms with Crippen molar-refractivity contribution in [3.63, 3.8) is 0 Å². The van der Waals surface area contributed by atoms with Crippen molar-refractivity contribution < 1.29 is 9.47 Å². The second-order valence-electron chi connectivity index (χ2n) is 4.39. The van der Waals surface area contributed by atoms with Gasteiger partial charge in [0.05, 0.1) is 19.8 Å². The van der Waals surface area contributed by atoms with Crippen molar-refractivity contribution in [3.8, 4) is 5.88 Å². The molecule has 106 valence electrons. The van der Waals surface area contributed by atoms with Gasteiger partial charge in [-0.3, -0.25) is 4.90 Å². The van der Waals surface area contributed by atoms with Crippen LogP contribution < -0.4 is 10.1 Å². The minimum Gasteiger partial charge on any atom is -0.478 e. The van der Waals surface area contributed by atoms with Crippen LogP contribution in [0.2, 0.25) is 0 Å². The molecule has 0 amide bonds. The molecule has 1 aromatic heterocycles. The molecule has 1 fully saturated rings. The van der Waals surface area contributed by atoms with E-state index in [9.17, 15) is 0 Å². The van der Waals surface area contributed by atoms with E-state index in [-0.39, 0.29) is 0 Å². The number of nitrogens with one attached hydrogen (secondary N) is 1. The summed E-state index contributed by atoms with van der Waals surface area (Å²) in [7, 11) is 0. The Labute approximate surface area is 114 Å². The van der Waals surface area contributed by atoms with Gasteiger partial charge in [0.15, 0.2) is 0 Å². The van der Waals surface area contributed by atoms with Gasteiger partial charge in [-0.2, -0.15) is 4.98 Å². The fourth-order valence-corrected chi connectivity index (χ4v) is 1.98. The Hall–Kier alpha value is -1.40. The summed E-state index contributed by atoms with van der Waals surface area (Å²) in [6, 6.07) is 1.77. The van der Waals surface area contributed by atoms with Crippen molar-refractivity contribution in [3.05, 3.63) is 12.3 Å². The predicted molar refractivity (Wildman–Crippen MR) is 73.6 cm³/mol. The second-order valence-corrected chi connectivity index (χ2v) is 4.39. The Morgan fingerprint density at radius 3 is 3.05 bits per heavy atom. The number of nitrogens with zero attached hydrogens (tertiary/aromatic N) is 3. The zero-order valence-electron chi connectivity index (χ0n) is 11.5. The van der Waals surface area contributed by atoms with Crippen molar-refractivity contribution >= 4 is 5.95 Å². The minimum atomic E-state index is 0.619. The van der Waals surface area contributed by atoms with Gasteiger partial charge < -0.3 is 14.8 Å². The van der Waals surface area contributed by atoms with E-state index in [1.807, 2.05) is 6.92 Å². The summed E-state index contributed by atoms with van der Waals surface area (Å²) in [4.78, 5) is 10.9. The Kier molecular flexibility index (Phi) is 5.84. The van der Waals surface area contributed by atoms with Crippen LogP contribution in [0.15, 0.2) is 12.3 Å². The molecule has 1 saturated heterocycles. The molecule has 19 heavy (non-hydrogen) atoms. The predicted octanol–water partition coefficient (Wildman–Crippen LogP) is 1.01. The van der Waals surface area contributed by atoms with Crippen LogP contribution in [0.1, 0.15) is 13.3 Å². The first-order valence-electron chi connectivity index (χ1n) is 6.88. The molecular formula is C13H22N4O2. The normalized spacial score (nSPS) is 16.3. The highest BCUT2D eigenvalue weighted by molar-refractivity contribution is 5.27. The van der Waals surface area contributed by atoms with Crippen molar-refractivity contribution in [2.45, 2.75) is 13.3 Å². The molecule has 0 unspecified atom stereocenters. The standard InChI is InChI=1S/C13H22N4O2/c1-2-19-12-4-6-15-13(16-12)14-5-3-7-17-8-10-18-11-9-17/h4,6H,2-3,5,7-11H2,1H3,(H,14,15,16). The number of morpholine rings is 1. The Morgan fingerprint density at radius 2 is 2.26 bits per heavy atom. The lowest BCUT2D eigenvalue weighted by Gasteiger charge is -2.26. The summed E-state index contributed by atoms with van der Waals surface area (Å²) in [6.45, 7) is 8.30. The fraction of sp³-hybridized carbons (Fsp3) is 0.692. The van der Waals surface area contributed by atoms with Gasteiger partial charge in [0.1, 0.15) is 0 Å². The maximum atomic E-state index is 5.33. The van der Waals surface area contributed by atoms with Crippen LogP contribution in [-0.4, -0.2) is 60.9 Å². The highest BCUT2D eigenvalue weighted by Crippen LogP contribution is 2.08. The lowest BCUT2D eigenvalue weighted by Crippen LogP contribution is -2.37. The molecule has 0 saturated carbocycles.